The normalized spacial score (nSPS) is 12.9. The molecule has 1 aromatic carbocycles. The summed E-state index contributed by atoms with van der Waals surface area (Å²) < 4.78 is 67.9. The van der Waals surface area contributed by atoms with Gasteiger partial charge in [-0.25, -0.2) is 27.6 Å². The lowest BCUT2D eigenvalue weighted by molar-refractivity contribution is -0.274. The predicted octanol–water partition coefficient (Wildman–Crippen LogP) is 2.60. The second-order valence-corrected chi connectivity index (χ2v) is 6.15. The van der Waals surface area contributed by atoms with Crippen LogP contribution in [0.5, 0.6) is 5.75 Å². The van der Waals surface area contributed by atoms with Crippen LogP contribution in [0, 0.1) is 0 Å². The molecular weight excluding hydrogens is 417 g/mol. The van der Waals surface area contributed by atoms with E-state index in [0.29, 0.717) is 10.2 Å². The standard InChI is InChI=1S/C17H14F5N5O3/c1-9(10-2-4-11(5-3-10)30-17(20,21)22)24-12(28)8-27-16(29)26-7-6-23-13(14(18)19)15(26)25-27/h2-7,9,14H,8H2,1H3,(H,24,28)/t9-/m0/s1. The third-order valence-corrected chi connectivity index (χ3v) is 4.02. The zero-order chi connectivity index (χ0) is 22.1. The van der Waals surface area contributed by atoms with Crippen molar-refractivity contribution >= 4 is 11.6 Å². The van der Waals surface area contributed by atoms with Crippen LogP contribution in [-0.4, -0.2) is 31.4 Å². The van der Waals surface area contributed by atoms with Crippen LogP contribution in [0.1, 0.15) is 30.6 Å². The van der Waals surface area contributed by atoms with Crippen molar-refractivity contribution < 1.29 is 31.5 Å². The van der Waals surface area contributed by atoms with Crippen LogP contribution in [0.4, 0.5) is 22.0 Å². The van der Waals surface area contributed by atoms with Crippen LogP contribution < -0.4 is 15.7 Å². The van der Waals surface area contributed by atoms with Gasteiger partial charge < -0.3 is 10.1 Å². The average molecular weight is 431 g/mol. The molecular formula is C17H14F5N5O3. The van der Waals surface area contributed by atoms with Crippen LogP contribution >= 0.6 is 0 Å². The summed E-state index contributed by atoms with van der Waals surface area (Å²) in [6, 6.07) is 4.24. The monoisotopic (exact) mass is 431 g/mol. The molecule has 13 heteroatoms. The number of halogens is 5. The maximum absolute atomic E-state index is 13.0. The molecule has 0 bridgehead atoms. The van der Waals surface area contributed by atoms with E-state index < -0.39 is 48.4 Å². The fourth-order valence-electron chi connectivity index (χ4n) is 2.69. The molecule has 0 saturated heterocycles. The largest absolute Gasteiger partial charge is 0.573 e. The van der Waals surface area contributed by atoms with E-state index in [1.54, 1.807) is 6.92 Å². The van der Waals surface area contributed by atoms with Crippen LogP contribution in [0.2, 0.25) is 0 Å². The topological polar surface area (TPSA) is 90.5 Å². The first kappa shape index (κ1) is 21.2. The Morgan fingerprint density at radius 1 is 1.23 bits per heavy atom. The highest BCUT2D eigenvalue weighted by atomic mass is 19.4. The second kappa shape index (κ2) is 8.08. The smallest absolute Gasteiger partial charge is 0.406 e. The molecule has 0 saturated carbocycles. The third-order valence-electron chi connectivity index (χ3n) is 4.02. The van der Waals surface area contributed by atoms with Gasteiger partial charge in [0.05, 0.1) is 6.04 Å². The molecule has 0 radical (unpaired) electrons. The van der Waals surface area contributed by atoms with Crippen molar-refractivity contribution in [2.75, 3.05) is 0 Å². The molecule has 8 nitrogen and oxygen atoms in total. The van der Waals surface area contributed by atoms with Gasteiger partial charge in [0.15, 0.2) is 11.3 Å². The fourth-order valence-corrected chi connectivity index (χ4v) is 2.69. The highest BCUT2D eigenvalue weighted by molar-refractivity contribution is 5.76. The molecule has 1 N–H and O–H groups in total. The maximum Gasteiger partial charge on any atom is 0.573 e. The SMILES string of the molecule is C[C@H](NC(=O)Cn1nc2c(C(F)F)nccn2c1=O)c1ccc(OC(F)(F)F)cc1. The lowest BCUT2D eigenvalue weighted by Crippen LogP contribution is -2.34. The summed E-state index contributed by atoms with van der Waals surface area (Å²) in [7, 11) is 0. The number of hydrogen-bond donors (Lipinski definition) is 1. The van der Waals surface area contributed by atoms with Crippen molar-refractivity contribution in [1.29, 1.82) is 0 Å². The zero-order valence-corrected chi connectivity index (χ0v) is 15.2. The van der Waals surface area contributed by atoms with Crippen molar-refractivity contribution in [3.05, 3.63) is 58.4 Å². The number of hydrogen-bond acceptors (Lipinski definition) is 5. The number of carbonyl (C=O) groups excluding carboxylic acids is 1. The first-order chi connectivity index (χ1) is 14.0. The molecule has 1 amide bonds. The summed E-state index contributed by atoms with van der Waals surface area (Å²) in [5.74, 6) is -1.07. The Kier molecular flexibility index (Phi) is 5.71. The summed E-state index contributed by atoms with van der Waals surface area (Å²) in [4.78, 5) is 28.0. The molecule has 2 heterocycles. The Hall–Kier alpha value is -3.51. The number of rotatable bonds is 6. The minimum atomic E-state index is -4.82. The predicted molar refractivity (Wildman–Crippen MR) is 91.9 cm³/mol. The molecule has 0 spiro atoms. The number of carbonyl (C=O) groups is 1. The number of nitrogens with zero attached hydrogens (tertiary/aromatic N) is 4. The Morgan fingerprint density at radius 2 is 1.90 bits per heavy atom. The Bertz CT molecular complexity index is 1110. The van der Waals surface area contributed by atoms with Crippen molar-refractivity contribution in [2.24, 2.45) is 0 Å². The Morgan fingerprint density at radius 3 is 2.50 bits per heavy atom. The Balaban J connectivity index is 1.70. The number of alkyl halides is 5. The van der Waals surface area contributed by atoms with Crippen molar-refractivity contribution in [2.45, 2.75) is 32.3 Å². The van der Waals surface area contributed by atoms with E-state index in [2.05, 4.69) is 20.1 Å². The fraction of sp³-hybridized carbons (Fsp3) is 0.294. The number of aromatic nitrogens is 4. The van der Waals surface area contributed by atoms with E-state index in [1.165, 1.54) is 12.1 Å². The van der Waals surface area contributed by atoms with E-state index in [9.17, 15) is 31.5 Å². The van der Waals surface area contributed by atoms with Crippen molar-refractivity contribution in [3.63, 3.8) is 0 Å². The number of ether oxygens (including phenoxy) is 1. The molecule has 1 atom stereocenters. The summed E-state index contributed by atoms with van der Waals surface area (Å²) in [5, 5.41) is 6.29. The molecule has 3 rings (SSSR count). The van der Waals surface area contributed by atoms with E-state index in [1.807, 2.05) is 0 Å². The first-order valence-electron chi connectivity index (χ1n) is 8.42. The molecule has 3 aromatic rings. The van der Waals surface area contributed by atoms with Crippen molar-refractivity contribution in [1.82, 2.24) is 24.5 Å². The lowest BCUT2D eigenvalue weighted by atomic mass is 10.1. The van der Waals surface area contributed by atoms with Gasteiger partial charge in [-0.3, -0.25) is 4.79 Å². The molecule has 160 valence electrons. The number of nitrogens with one attached hydrogen (secondary N) is 1. The van der Waals surface area contributed by atoms with Crippen LogP contribution in [0.15, 0.2) is 41.5 Å². The minimum absolute atomic E-state index is 0.362. The van der Waals surface area contributed by atoms with Gasteiger partial charge in [-0.1, -0.05) is 12.1 Å². The number of benzene rings is 1. The molecule has 0 aliphatic heterocycles. The molecule has 0 unspecified atom stereocenters. The van der Waals surface area contributed by atoms with Gasteiger partial charge in [-0.2, -0.15) is 0 Å². The average Bonchev–Trinajstić information content (AvgIpc) is 2.96. The lowest BCUT2D eigenvalue weighted by Gasteiger charge is -2.15. The van der Waals surface area contributed by atoms with Gasteiger partial charge in [-0.05, 0) is 24.6 Å². The van der Waals surface area contributed by atoms with E-state index in [-0.39, 0.29) is 5.65 Å². The highest BCUT2D eigenvalue weighted by Crippen LogP contribution is 2.24. The molecule has 0 fully saturated rings. The van der Waals surface area contributed by atoms with Gasteiger partial charge in [0.2, 0.25) is 5.91 Å². The van der Waals surface area contributed by atoms with Crippen LogP contribution in [0.25, 0.3) is 5.65 Å². The van der Waals surface area contributed by atoms with Gasteiger partial charge >= 0.3 is 12.1 Å². The summed E-state index contributed by atoms with van der Waals surface area (Å²) >= 11 is 0. The van der Waals surface area contributed by atoms with Gasteiger partial charge in [0, 0.05) is 12.4 Å². The molecule has 0 aliphatic carbocycles. The van der Waals surface area contributed by atoms with Crippen LogP contribution in [0.3, 0.4) is 0 Å². The second-order valence-electron chi connectivity index (χ2n) is 6.15. The summed E-state index contributed by atoms with van der Waals surface area (Å²) in [6.45, 7) is 1.02. The van der Waals surface area contributed by atoms with Gasteiger partial charge in [-0.15, -0.1) is 18.3 Å². The molecule has 2 aromatic heterocycles. The minimum Gasteiger partial charge on any atom is -0.406 e. The quantitative estimate of drug-likeness (QED) is 0.606. The highest BCUT2D eigenvalue weighted by Gasteiger charge is 2.31. The zero-order valence-electron chi connectivity index (χ0n) is 15.2. The summed E-state index contributed by atoms with van der Waals surface area (Å²) in [5.41, 5.74) is -1.38. The molecule has 30 heavy (non-hydrogen) atoms. The maximum atomic E-state index is 13.0. The van der Waals surface area contributed by atoms with E-state index in [4.69, 9.17) is 0 Å². The van der Waals surface area contributed by atoms with Gasteiger partial charge in [0.1, 0.15) is 12.3 Å². The van der Waals surface area contributed by atoms with E-state index in [0.717, 1.165) is 28.9 Å². The third kappa shape index (κ3) is 4.72. The molecule has 0 aliphatic rings. The van der Waals surface area contributed by atoms with Crippen LogP contribution in [-0.2, 0) is 11.3 Å². The Labute approximate surface area is 164 Å². The van der Waals surface area contributed by atoms with E-state index >= 15 is 0 Å². The summed E-state index contributed by atoms with van der Waals surface area (Å²) in [6.07, 6.45) is -5.60. The number of amides is 1. The van der Waals surface area contributed by atoms with Gasteiger partial charge in [0.25, 0.3) is 6.43 Å². The number of fused-ring (bicyclic) bond motifs is 1. The first-order valence-corrected chi connectivity index (χ1v) is 8.42. The van der Waals surface area contributed by atoms with Crippen molar-refractivity contribution in [3.8, 4) is 5.75 Å².